The highest BCUT2D eigenvalue weighted by atomic mass is 35.5. The van der Waals surface area contributed by atoms with Gasteiger partial charge in [-0.1, -0.05) is 48.0 Å². The number of amides is 3. The third-order valence-electron chi connectivity index (χ3n) is 5.01. The van der Waals surface area contributed by atoms with E-state index < -0.39 is 6.04 Å². The molecule has 5 nitrogen and oxygen atoms in total. The summed E-state index contributed by atoms with van der Waals surface area (Å²) >= 11 is 7.45. The Kier molecular flexibility index (Phi) is 5.97. The van der Waals surface area contributed by atoms with Crippen molar-refractivity contribution in [1.82, 2.24) is 4.90 Å². The predicted molar refractivity (Wildman–Crippen MR) is 117 cm³/mol. The monoisotopic (exact) mass is 438 g/mol. The molecular weight excluding hydrogens is 420 g/mol. The van der Waals surface area contributed by atoms with Gasteiger partial charge in [0.2, 0.25) is 11.8 Å². The quantitative estimate of drug-likeness (QED) is 0.539. The van der Waals surface area contributed by atoms with Crippen LogP contribution in [0.15, 0.2) is 72.1 Å². The van der Waals surface area contributed by atoms with Crippen LogP contribution in [0.4, 0.5) is 5.69 Å². The van der Waals surface area contributed by atoms with Gasteiger partial charge in [-0.2, -0.15) is 0 Å². The number of carbonyl (C=O) groups excluding carboxylic acids is 3. The van der Waals surface area contributed by atoms with Crippen molar-refractivity contribution < 1.29 is 14.4 Å². The fourth-order valence-electron chi connectivity index (χ4n) is 3.53. The van der Waals surface area contributed by atoms with E-state index in [4.69, 9.17) is 11.6 Å². The Balaban J connectivity index is 1.60. The van der Waals surface area contributed by atoms with Crippen LogP contribution in [0, 0.1) is 0 Å². The van der Waals surface area contributed by atoms with Crippen molar-refractivity contribution >= 4 is 46.3 Å². The van der Waals surface area contributed by atoms with Crippen LogP contribution < -0.4 is 4.90 Å². The van der Waals surface area contributed by atoms with Crippen LogP contribution >= 0.6 is 22.9 Å². The highest BCUT2D eigenvalue weighted by Crippen LogP contribution is 2.28. The van der Waals surface area contributed by atoms with Crippen LogP contribution in [0.3, 0.4) is 0 Å². The normalized spacial score (nSPS) is 16.2. The van der Waals surface area contributed by atoms with Crippen LogP contribution in [-0.2, 0) is 27.3 Å². The molecule has 1 atom stereocenters. The second-order valence-corrected chi connectivity index (χ2v) is 8.50. The molecule has 0 spiro atoms. The number of hydrogen-bond donors (Lipinski definition) is 0. The maximum absolute atomic E-state index is 13.2. The molecule has 2 heterocycles. The SMILES string of the molecule is O=C1CC(N(Cc2cccs2)C(=O)Cc2ccc(Cl)cc2)C(=O)N1c1ccccc1. The molecule has 3 aromatic rings. The maximum Gasteiger partial charge on any atom is 0.257 e. The molecule has 0 saturated carbocycles. The molecule has 1 aliphatic heterocycles. The van der Waals surface area contributed by atoms with Crippen LogP contribution in [0.2, 0.25) is 5.02 Å². The zero-order valence-electron chi connectivity index (χ0n) is 16.0. The van der Waals surface area contributed by atoms with Crippen molar-refractivity contribution in [2.45, 2.75) is 25.4 Å². The first-order valence-corrected chi connectivity index (χ1v) is 10.8. The lowest BCUT2D eigenvalue weighted by Gasteiger charge is -2.27. The molecule has 0 N–H and O–H groups in total. The molecule has 2 aromatic carbocycles. The molecule has 1 unspecified atom stereocenters. The molecule has 7 heteroatoms. The molecule has 3 amide bonds. The lowest BCUT2D eigenvalue weighted by Crippen LogP contribution is -2.45. The fourth-order valence-corrected chi connectivity index (χ4v) is 4.36. The van der Waals surface area contributed by atoms with Gasteiger partial charge in [-0.25, -0.2) is 4.90 Å². The number of rotatable bonds is 6. The number of anilines is 1. The van der Waals surface area contributed by atoms with Crippen molar-refractivity contribution in [3.8, 4) is 0 Å². The van der Waals surface area contributed by atoms with Gasteiger partial charge in [0.15, 0.2) is 0 Å². The van der Waals surface area contributed by atoms with Gasteiger partial charge in [0.1, 0.15) is 6.04 Å². The van der Waals surface area contributed by atoms with Gasteiger partial charge >= 0.3 is 0 Å². The topological polar surface area (TPSA) is 57.7 Å². The van der Waals surface area contributed by atoms with Gasteiger partial charge in [-0.3, -0.25) is 14.4 Å². The number of nitrogens with zero attached hydrogens (tertiary/aromatic N) is 2. The molecular formula is C23H19ClN2O3S. The Morgan fingerprint density at radius 3 is 2.43 bits per heavy atom. The highest BCUT2D eigenvalue weighted by Gasteiger charge is 2.44. The number of imide groups is 1. The Labute approximate surface area is 183 Å². The summed E-state index contributed by atoms with van der Waals surface area (Å²) < 4.78 is 0. The largest absolute Gasteiger partial charge is 0.325 e. The molecule has 1 fully saturated rings. The Morgan fingerprint density at radius 1 is 1.03 bits per heavy atom. The number of hydrogen-bond acceptors (Lipinski definition) is 4. The van der Waals surface area contributed by atoms with Crippen LogP contribution in [0.25, 0.3) is 0 Å². The molecule has 152 valence electrons. The number of benzene rings is 2. The number of carbonyl (C=O) groups is 3. The van der Waals surface area contributed by atoms with E-state index in [1.165, 1.54) is 21.1 Å². The summed E-state index contributed by atoms with van der Waals surface area (Å²) in [5.74, 6) is -0.870. The number of para-hydroxylation sites is 1. The van der Waals surface area contributed by atoms with Gasteiger partial charge in [0.25, 0.3) is 5.91 Å². The first-order valence-electron chi connectivity index (χ1n) is 9.51. The zero-order valence-corrected chi connectivity index (χ0v) is 17.6. The molecule has 1 saturated heterocycles. The van der Waals surface area contributed by atoms with E-state index in [0.717, 1.165) is 10.4 Å². The van der Waals surface area contributed by atoms with Crippen LogP contribution in [-0.4, -0.2) is 28.7 Å². The summed E-state index contributed by atoms with van der Waals surface area (Å²) in [5, 5.41) is 2.52. The van der Waals surface area contributed by atoms with Gasteiger partial charge in [-0.15, -0.1) is 11.3 Å². The van der Waals surface area contributed by atoms with Gasteiger partial charge in [-0.05, 0) is 41.3 Å². The maximum atomic E-state index is 13.2. The summed E-state index contributed by atoms with van der Waals surface area (Å²) in [5.41, 5.74) is 1.33. The molecule has 0 aliphatic carbocycles. The van der Waals surface area contributed by atoms with Gasteiger partial charge in [0, 0.05) is 9.90 Å². The standard InChI is InChI=1S/C23H19ClN2O3S/c24-17-10-8-16(9-11-17)13-21(27)25(15-19-7-4-12-30-19)20-14-22(28)26(23(20)29)18-5-2-1-3-6-18/h1-12,20H,13-15H2. The smallest absolute Gasteiger partial charge is 0.257 e. The molecule has 1 aromatic heterocycles. The van der Waals surface area contributed by atoms with Crippen molar-refractivity contribution in [3.05, 3.63) is 87.6 Å². The predicted octanol–water partition coefficient (Wildman–Crippen LogP) is 4.30. The van der Waals surface area contributed by atoms with Gasteiger partial charge < -0.3 is 4.90 Å². The number of halogens is 1. The van der Waals surface area contributed by atoms with Crippen molar-refractivity contribution in [3.63, 3.8) is 0 Å². The summed E-state index contributed by atoms with van der Waals surface area (Å²) in [6.07, 6.45) is 0.108. The highest BCUT2D eigenvalue weighted by molar-refractivity contribution is 7.09. The second-order valence-electron chi connectivity index (χ2n) is 7.03. The molecule has 0 bridgehead atoms. The van der Waals surface area contributed by atoms with E-state index in [1.54, 1.807) is 48.5 Å². The Morgan fingerprint density at radius 2 is 1.77 bits per heavy atom. The van der Waals surface area contributed by atoms with Crippen molar-refractivity contribution in [1.29, 1.82) is 0 Å². The zero-order chi connectivity index (χ0) is 21.1. The van der Waals surface area contributed by atoms with Crippen LogP contribution in [0.1, 0.15) is 16.9 Å². The van der Waals surface area contributed by atoms with E-state index in [0.29, 0.717) is 10.7 Å². The van der Waals surface area contributed by atoms with E-state index in [1.807, 2.05) is 23.6 Å². The van der Waals surface area contributed by atoms with E-state index >= 15 is 0 Å². The van der Waals surface area contributed by atoms with Crippen molar-refractivity contribution in [2.75, 3.05) is 4.90 Å². The van der Waals surface area contributed by atoms with Crippen LogP contribution in [0.5, 0.6) is 0 Å². The van der Waals surface area contributed by atoms with E-state index in [-0.39, 0.29) is 37.1 Å². The first-order chi connectivity index (χ1) is 14.5. The third kappa shape index (κ3) is 4.30. The summed E-state index contributed by atoms with van der Waals surface area (Å²) in [6.45, 7) is 0.288. The molecule has 4 rings (SSSR count). The molecule has 0 radical (unpaired) electrons. The minimum Gasteiger partial charge on any atom is -0.325 e. The fraction of sp³-hybridized carbons (Fsp3) is 0.174. The van der Waals surface area contributed by atoms with E-state index in [2.05, 4.69) is 0 Å². The average Bonchev–Trinajstić information content (AvgIpc) is 3.36. The molecule has 30 heavy (non-hydrogen) atoms. The summed E-state index contributed by atoms with van der Waals surface area (Å²) in [4.78, 5) is 42.8. The second kappa shape index (κ2) is 8.81. The van der Waals surface area contributed by atoms with E-state index in [9.17, 15) is 14.4 Å². The third-order valence-corrected chi connectivity index (χ3v) is 6.12. The minimum absolute atomic E-state index is 0.0224. The lowest BCUT2D eigenvalue weighted by atomic mass is 10.1. The first kappa shape index (κ1) is 20.3. The average molecular weight is 439 g/mol. The van der Waals surface area contributed by atoms with Crippen molar-refractivity contribution in [2.24, 2.45) is 0 Å². The Bertz CT molecular complexity index is 1050. The molecule has 1 aliphatic rings. The summed E-state index contributed by atoms with van der Waals surface area (Å²) in [7, 11) is 0. The lowest BCUT2D eigenvalue weighted by molar-refractivity contribution is -0.138. The Hall–Kier alpha value is -2.96. The summed E-state index contributed by atoms with van der Waals surface area (Å²) in [6, 6.07) is 18.9. The number of thiophene rings is 1. The minimum atomic E-state index is -0.820. The van der Waals surface area contributed by atoms with Gasteiger partial charge in [0.05, 0.1) is 25.1 Å².